The number of unbranched alkanes of at least 4 members (excludes halogenated alkanes) is 10. The Morgan fingerprint density at radius 1 is 0.556 bits per heavy atom. The third-order valence-corrected chi connectivity index (χ3v) is 8.15. The molecule has 0 aromatic heterocycles. The lowest BCUT2D eigenvalue weighted by molar-refractivity contribution is 0.0319. The molecule has 5 nitrogen and oxygen atoms in total. The number of carbonyl (C=O) groups excluding carboxylic acids is 2. The van der Waals surface area contributed by atoms with Gasteiger partial charge >= 0.3 is 11.9 Å². The maximum absolute atomic E-state index is 12.7. The van der Waals surface area contributed by atoms with Crippen LogP contribution in [0.5, 0.6) is 11.5 Å². The molecule has 0 heterocycles. The quantitative estimate of drug-likeness (QED) is 0.0640. The highest BCUT2D eigenvalue weighted by Crippen LogP contribution is 2.19. The predicted molar refractivity (Wildman–Crippen MR) is 183 cm³/mol. The molecule has 0 saturated heterocycles. The van der Waals surface area contributed by atoms with Crippen LogP contribution < -0.4 is 9.47 Å². The highest BCUT2D eigenvalue weighted by Gasteiger charge is 2.14. The van der Waals surface area contributed by atoms with Gasteiger partial charge in [0.25, 0.3) is 0 Å². The van der Waals surface area contributed by atoms with E-state index < -0.39 is 5.97 Å². The first kappa shape index (κ1) is 35.9. The summed E-state index contributed by atoms with van der Waals surface area (Å²) in [7, 11) is 0. The minimum absolute atomic E-state index is 0.121. The fourth-order valence-corrected chi connectivity index (χ4v) is 5.27. The highest BCUT2D eigenvalue weighted by molar-refractivity contribution is 5.92. The molecule has 5 heteroatoms. The number of ether oxygens (including phenoxy) is 3. The summed E-state index contributed by atoms with van der Waals surface area (Å²) >= 11 is 0. The molecular weight excluding hydrogens is 560 g/mol. The standard InChI is InChI=1S/C40H54O5/c1-4-6-8-10-11-12-13-15-31-43-37-27-21-34(22-28-37)18-17-33-19-23-35(24-20-33)40(42)45-38-29-25-36(26-30-38)39(41)44-32(3)16-14-9-7-5-2/h19-30,32H,4-18,31H2,1-3H3/t32-/m1/s1. The summed E-state index contributed by atoms with van der Waals surface area (Å²) < 4.78 is 17.0. The highest BCUT2D eigenvalue weighted by atomic mass is 16.5. The Kier molecular flexibility index (Phi) is 16.9. The zero-order valence-corrected chi connectivity index (χ0v) is 27.9. The molecule has 0 bridgehead atoms. The summed E-state index contributed by atoms with van der Waals surface area (Å²) in [5, 5.41) is 0. The van der Waals surface area contributed by atoms with Crippen LogP contribution in [-0.4, -0.2) is 24.6 Å². The van der Waals surface area contributed by atoms with Gasteiger partial charge in [-0.3, -0.25) is 0 Å². The average molecular weight is 615 g/mol. The SMILES string of the molecule is CCCCCCCCCCOc1ccc(CCc2ccc(C(=O)Oc3ccc(C(=O)O[C@H](C)CCCCCC)cc3)cc2)cc1. The van der Waals surface area contributed by atoms with E-state index in [2.05, 4.69) is 38.1 Å². The van der Waals surface area contributed by atoms with E-state index in [1.165, 1.54) is 63.4 Å². The largest absolute Gasteiger partial charge is 0.494 e. The Bertz CT molecular complexity index is 1230. The van der Waals surface area contributed by atoms with Crippen molar-refractivity contribution in [1.29, 1.82) is 0 Å². The molecular formula is C40H54O5. The Morgan fingerprint density at radius 3 is 1.62 bits per heavy atom. The van der Waals surface area contributed by atoms with Crippen LogP contribution in [0.3, 0.4) is 0 Å². The zero-order valence-electron chi connectivity index (χ0n) is 27.9. The molecule has 0 saturated carbocycles. The fourth-order valence-electron chi connectivity index (χ4n) is 5.27. The first-order valence-corrected chi connectivity index (χ1v) is 17.3. The number of carbonyl (C=O) groups is 2. The van der Waals surface area contributed by atoms with Gasteiger partial charge in [0, 0.05) is 0 Å². The van der Waals surface area contributed by atoms with Gasteiger partial charge < -0.3 is 14.2 Å². The van der Waals surface area contributed by atoms with Crippen molar-refractivity contribution in [2.45, 2.75) is 123 Å². The summed E-state index contributed by atoms with van der Waals surface area (Å²) in [6, 6.07) is 22.5. The van der Waals surface area contributed by atoms with Gasteiger partial charge in [0.1, 0.15) is 11.5 Å². The van der Waals surface area contributed by atoms with E-state index in [-0.39, 0.29) is 12.1 Å². The van der Waals surface area contributed by atoms with Crippen molar-refractivity contribution in [1.82, 2.24) is 0 Å². The Hall–Kier alpha value is -3.60. The second-order valence-electron chi connectivity index (χ2n) is 12.1. The third-order valence-electron chi connectivity index (χ3n) is 8.15. The summed E-state index contributed by atoms with van der Waals surface area (Å²) in [6.45, 7) is 7.14. The number of esters is 2. The maximum Gasteiger partial charge on any atom is 0.343 e. The number of aryl methyl sites for hydroxylation is 2. The van der Waals surface area contributed by atoms with Crippen LogP contribution in [0.2, 0.25) is 0 Å². The predicted octanol–water partition coefficient (Wildman–Crippen LogP) is 10.7. The molecule has 0 radical (unpaired) electrons. The van der Waals surface area contributed by atoms with Gasteiger partial charge in [0.15, 0.2) is 0 Å². The Labute approximate surface area is 271 Å². The van der Waals surface area contributed by atoms with Gasteiger partial charge in [0.2, 0.25) is 0 Å². The lowest BCUT2D eigenvalue weighted by atomic mass is 10.0. The van der Waals surface area contributed by atoms with Crippen LogP contribution in [0.15, 0.2) is 72.8 Å². The molecule has 45 heavy (non-hydrogen) atoms. The van der Waals surface area contributed by atoms with E-state index in [0.29, 0.717) is 16.9 Å². The monoisotopic (exact) mass is 614 g/mol. The second kappa shape index (κ2) is 21.2. The van der Waals surface area contributed by atoms with Gasteiger partial charge in [-0.05, 0) is 98.7 Å². The van der Waals surface area contributed by atoms with Crippen LogP contribution >= 0.6 is 0 Å². The number of benzene rings is 3. The van der Waals surface area contributed by atoms with Crippen molar-refractivity contribution < 1.29 is 23.8 Å². The molecule has 0 unspecified atom stereocenters. The van der Waals surface area contributed by atoms with Gasteiger partial charge in [-0.1, -0.05) is 102 Å². The molecule has 0 aliphatic carbocycles. The zero-order chi connectivity index (χ0) is 32.1. The Morgan fingerprint density at radius 2 is 1.02 bits per heavy atom. The van der Waals surface area contributed by atoms with Gasteiger partial charge in [0.05, 0.1) is 23.8 Å². The van der Waals surface area contributed by atoms with Gasteiger partial charge in [-0.2, -0.15) is 0 Å². The van der Waals surface area contributed by atoms with Crippen LogP contribution in [-0.2, 0) is 17.6 Å². The van der Waals surface area contributed by atoms with E-state index in [4.69, 9.17) is 14.2 Å². The molecule has 0 aliphatic heterocycles. The number of hydrogen-bond donors (Lipinski definition) is 0. The van der Waals surface area contributed by atoms with Crippen molar-refractivity contribution in [3.8, 4) is 11.5 Å². The topological polar surface area (TPSA) is 61.8 Å². The van der Waals surface area contributed by atoms with E-state index in [1.807, 2.05) is 19.1 Å². The average Bonchev–Trinajstić information content (AvgIpc) is 3.06. The molecule has 3 aromatic carbocycles. The normalized spacial score (nSPS) is 11.6. The van der Waals surface area contributed by atoms with Crippen LogP contribution in [0, 0.1) is 0 Å². The van der Waals surface area contributed by atoms with Crippen molar-refractivity contribution >= 4 is 11.9 Å². The third kappa shape index (κ3) is 14.4. The van der Waals surface area contributed by atoms with Gasteiger partial charge in [-0.15, -0.1) is 0 Å². The molecule has 1 atom stereocenters. The summed E-state index contributed by atoms with van der Waals surface area (Å²) in [4.78, 5) is 25.1. The molecule has 0 aliphatic rings. The van der Waals surface area contributed by atoms with Crippen molar-refractivity contribution in [3.05, 3.63) is 95.1 Å². The van der Waals surface area contributed by atoms with Crippen molar-refractivity contribution in [2.75, 3.05) is 6.61 Å². The lowest BCUT2D eigenvalue weighted by Gasteiger charge is -2.13. The van der Waals surface area contributed by atoms with Crippen molar-refractivity contribution in [2.24, 2.45) is 0 Å². The first-order chi connectivity index (χ1) is 22.0. The van der Waals surface area contributed by atoms with E-state index in [0.717, 1.165) is 56.4 Å². The smallest absolute Gasteiger partial charge is 0.343 e. The van der Waals surface area contributed by atoms with Crippen molar-refractivity contribution in [3.63, 3.8) is 0 Å². The van der Waals surface area contributed by atoms with Crippen LogP contribution in [0.1, 0.15) is 136 Å². The molecule has 0 fully saturated rings. The Balaban J connectivity index is 1.34. The van der Waals surface area contributed by atoms with Crippen LogP contribution in [0.4, 0.5) is 0 Å². The maximum atomic E-state index is 12.7. The molecule has 244 valence electrons. The van der Waals surface area contributed by atoms with E-state index in [1.54, 1.807) is 36.4 Å². The lowest BCUT2D eigenvalue weighted by Crippen LogP contribution is -2.15. The molecule has 3 aromatic rings. The molecule has 3 rings (SSSR count). The van der Waals surface area contributed by atoms with Crippen LogP contribution in [0.25, 0.3) is 0 Å². The first-order valence-electron chi connectivity index (χ1n) is 17.3. The molecule has 0 spiro atoms. The van der Waals surface area contributed by atoms with Gasteiger partial charge in [-0.25, -0.2) is 9.59 Å². The minimum Gasteiger partial charge on any atom is -0.494 e. The number of rotatable bonds is 22. The van der Waals surface area contributed by atoms with E-state index in [9.17, 15) is 9.59 Å². The molecule has 0 amide bonds. The summed E-state index contributed by atoms with van der Waals surface area (Å²) in [6.07, 6.45) is 17.5. The second-order valence-corrected chi connectivity index (χ2v) is 12.1. The van der Waals surface area contributed by atoms with E-state index >= 15 is 0 Å². The minimum atomic E-state index is -0.430. The summed E-state index contributed by atoms with van der Waals surface area (Å²) in [5.74, 6) is 0.533. The fraction of sp³-hybridized carbons (Fsp3) is 0.500. The summed E-state index contributed by atoms with van der Waals surface area (Å²) in [5.41, 5.74) is 3.34. The number of hydrogen-bond acceptors (Lipinski definition) is 5. The molecule has 0 N–H and O–H groups in total.